The predicted molar refractivity (Wildman–Crippen MR) is 49.6 cm³/mol. The van der Waals surface area contributed by atoms with E-state index >= 15 is 0 Å². The summed E-state index contributed by atoms with van der Waals surface area (Å²) in [5.41, 5.74) is 0. The van der Waals surface area contributed by atoms with E-state index in [1.54, 1.807) is 6.92 Å². The molecule has 0 unspecified atom stereocenters. The Morgan fingerprint density at radius 3 is 2.53 bits per heavy atom. The van der Waals surface area contributed by atoms with E-state index in [9.17, 15) is 15.2 Å². The Morgan fingerprint density at radius 2 is 2.07 bits per heavy atom. The molecule has 8 heteroatoms. The number of amides is 1. The van der Waals surface area contributed by atoms with Crippen molar-refractivity contribution in [3.8, 4) is 0 Å². The van der Waals surface area contributed by atoms with Crippen LogP contribution in [0.3, 0.4) is 0 Å². The van der Waals surface area contributed by atoms with E-state index < -0.39 is 6.09 Å². The Bertz CT molecular complexity index is 249. The molecule has 1 aliphatic rings. The Labute approximate surface area is 86.8 Å². The molecule has 15 heavy (non-hydrogen) atoms. The molecule has 1 amide bonds. The SMILES string of the molecule is CCOC(=O)N1CCN(/[N+]([O-])=N/[O-])CC1. The molecule has 0 aromatic heterocycles. The van der Waals surface area contributed by atoms with Crippen LogP contribution in [0.25, 0.3) is 0 Å². The van der Waals surface area contributed by atoms with Gasteiger partial charge in [0.2, 0.25) is 0 Å². The van der Waals surface area contributed by atoms with E-state index in [0.717, 1.165) is 0 Å². The summed E-state index contributed by atoms with van der Waals surface area (Å²) in [5.74, 6) is 0. The molecule has 8 nitrogen and oxygen atoms in total. The van der Waals surface area contributed by atoms with E-state index in [1.807, 2.05) is 0 Å². The number of carbonyl (C=O) groups excluding carboxylic acids is 1. The van der Waals surface area contributed by atoms with Crippen molar-refractivity contribution in [2.45, 2.75) is 6.92 Å². The molecule has 0 saturated carbocycles. The molecule has 86 valence electrons. The fraction of sp³-hybridized carbons (Fsp3) is 0.857. The van der Waals surface area contributed by atoms with E-state index in [4.69, 9.17) is 4.74 Å². The topological polar surface area (TPSA) is 94.3 Å². The van der Waals surface area contributed by atoms with Gasteiger partial charge in [-0.2, -0.15) is 0 Å². The predicted octanol–water partition coefficient (Wildman–Crippen LogP) is 0.136. The smallest absolute Gasteiger partial charge is 0.409 e. The molecule has 0 aromatic rings. The number of ether oxygens (including phenoxy) is 1. The number of rotatable bonds is 2. The zero-order valence-corrected chi connectivity index (χ0v) is 8.46. The van der Waals surface area contributed by atoms with Crippen molar-refractivity contribution in [2.75, 3.05) is 32.8 Å². The van der Waals surface area contributed by atoms with Gasteiger partial charge in [0.05, 0.1) is 19.7 Å². The van der Waals surface area contributed by atoms with Gasteiger partial charge < -0.3 is 20.1 Å². The van der Waals surface area contributed by atoms with Gasteiger partial charge in [0, 0.05) is 18.1 Å². The molecule has 1 saturated heterocycles. The molecule has 0 atom stereocenters. The first-order valence-electron chi connectivity index (χ1n) is 4.66. The van der Waals surface area contributed by atoms with Crippen LogP contribution >= 0.6 is 0 Å². The third-order valence-corrected chi connectivity index (χ3v) is 2.09. The van der Waals surface area contributed by atoms with Crippen LogP contribution in [0.5, 0.6) is 0 Å². The largest absolute Gasteiger partial charge is 0.737 e. The molecule has 1 rings (SSSR count). The van der Waals surface area contributed by atoms with E-state index in [2.05, 4.69) is 5.28 Å². The van der Waals surface area contributed by atoms with Gasteiger partial charge in [-0.15, -0.1) is 5.01 Å². The van der Waals surface area contributed by atoms with Gasteiger partial charge >= 0.3 is 6.09 Å². The van der Waals surface area contributed by atoms with Crippen molar-refractivity contribution in [3.63, 3.8) is 0 Å². The minimum Gasteiger partial charge on any atom is -0.737 e. The Balaban J connectivity index is 2.39. The molecule has 0 aromatic carbocycles. The summed E-state index contributed by atoms with van der Waals surface area (Å²) in [6, 6.07) is 0. The molecular weight excluding hydrogens is 204 g/mol. The zero-order valence-electron chi connectivity index (χ0n) is 8.46. The van der Waals surface area contributed by atoms with Crippen LogP contribution in [0.1, 0.15) is 6.92 Å². The molecular formula is C7H13N4O4-. The molecule has 0 N–H and O–H groups in total. The van der Waals surface area contributed by atoms with Crippen LogP contribution < -0.4 is 0 Å². The monoisotopic (exact) mass is 217 g/mol. The van der Waals surface area contributed by atoms with Gasteiger partial charge in [-0.1, -0.05) is 0 Å². The third kappa shape index (κ3) is 2.86. The number of hydrogen-bond acceptors (Lipinski definition) is 5. The summed E-state index contributed by atoms with van der Waals surface area (Å²) in [5, 5.41) is 24.2. The molecule has 0 spiro atoms. The van der Waals surface area contributed by atoms with Gasteiger partial charge in [0.15, 0.2) is 0 Å². The molecule has 1 heterocycles. The maximum Gasteiger partial charge on any atom is 0.409 e. The first-order chi connectivity index (χ1) is 7.19. The summed E-state index contributed by atoms with van der Waals surface area (Å²) in [6.45, 7) is 3.33. The van der Waals surface area contributed by atoms with Crippen molar-refractivity contribution in [3.05, 3.63) is 10.4 Å². The van der Waals surface area contributed by atoms with Crippen molar-refractivity contribution < 1.29 is 14.5 Å². The van der Waals surface area contributed by atoms with E-state index in [-0.39, 0.29) is 18.1 Å². The summed E-state index contributed by atoms with van der Waals surface area (Å²) in [4.78, 5) is 12.7. The standard InChI is InChI=1S/C7H14N4O4/c1-2-15-7(12)9-3-5-10(6-4-9)11(14)8-13/h13H,2-6H2,1H3/p-1/b11-8-. The number of hydrogen-bond donors (Lipinski definition) is 0. The molecule has 0 radical (unpaired) electrons. The Morgan fingerprint density at radius 1 is 1.47 bits per heavy atom. The molecule has 1 fully saturated rings. The Hall–Kier alpha value is -1.73. The van der Waals surface area contributed by atoms with Crippen LogP contribution in [-0.4, -0.2) is 53.8 Å². The number of carbonyl (C=O) groups is 1. The summed E-state index contributed by atoms with van der Waals surface area (Å²) in [7, 11) is 0. The normalized spacial score (nSPS) is 17.8. The maximum atomic E-state index is 11.3. The van der Waals surface area contributed by atoms with Crippen molar-refractivity contribution >= 4 is 6.09 Å². The van der Waals surface area contributed by atoms with Crippen molar-refractivity contribution in [2.24, 2.45) is 5.28 Å². The first-order valence-corrected chi connectivity index (χ1v) is 4.66. The van der Waals surface area contributed by atoms with Gasteiger partial charge in [-0.25, -0.2) is 4.79 Å². The minimum absolute atomic E-state index is 0.00247. The fourth-order valence-electron chi connectivity index (χ4n) is 1.32. The highest BCUT2D eigenvalue weighted by Crippen LogP contribution is 2.03. The summed E-state index contributed by atoms with van der Waals surface area (Å²) < 4.78 is 4.79. The quantitative estimate of drug-likeness (QED) is 0.372. The lowest BCUT2D eigenvalue weighted by Gasteiger charge is -2.31. The number of nitrogens with zero attached hydrogens (tertiary/aromatic N) is 4. The van der Waals surface area contributed by atoms with Crippen molar-refractivity contribution in [1.82, 2.24) is 9.91 Å². The van der Waals surface area contributed by atoms with Crippen molar-refractivity contribution in [1.29, 1.82) is 0 Å². The maximum absolute atomic E-state index is 11.3. The first kappa shape index (κ1) is 11.3. The molecule has 1 aliphatic heterocycles. The second-order valence-electron chi connectivity index (χ2n) is 2.97. The van der Waals surface area contributed by atoms with Crippen LogP contribution in [0, 0.1) is 10.4 Å². The highest BCUT2D eigenvalue weighted by Gasteiger charge is 2.25. The van der Waals surface area contributed by atoms with Gasteiger partial charge in [-0.3, -0.25) is 0 Å². The Kier molecular flexibility index (Phi) is 3.95. The molecule has 0 bridgehead atoms. The number of hydrazine groups is 1. The van der Waals surface area contributed by atoms with Gasteiger partial charge in [-0.05, 0) is 12.2 Å². The second kappa shape index (κ2) is 5.23. The highest BCUT2D eigenvalue weighted by atomic mass is 16.6. The van der Waals surface area contributed by atoms with E-state index in [0.29, 0.717) is 19.7 Å². The fourth-order valence-corrected chi connectivity index (χ4v) is 1.32. The second-order valence-corrected chi connectivity index (χ2v) is 2.97. The lowest BCUT2D eigenvalue weighted by atomic mass is 10.4. The van der Waals surface area contributed by atoms with Crippen LogP contribution in [0.15, 0.2) is 5.28 Å². The lowest BCUT2D eigenvalue weighted by Crippen LogP contribution is -2.50. The summed E-state index contributed by atoms with van der Waals surface area (Å²) >= 11 is 0. The van der Waals surface area contributed by atoms with Crippen LogP contribution in [0.2, 0.25) is 0 Å². The van der Waals surface area contributed by atoms with Gasteiger partial charge in [0.1, 0.15) is 0 Å². The minimum atomic E-state index is -0.395. The lowest BCUT2D eigenvalue weighted by molar-refractivity contribution is -0.692. The van der Waals surface area contributed by atoms with Gasteiger partial charge in [0.25, 0.3) is 0 Å². The van der Waals surface area contributed by atoms with Crippen LogP contribution in [0.4, 0.5) is 4.79 Å². The van der Waals surface area contributed by atoms with Crippen LogP contribution in [-0.2, 0) is 4.74 Å². The average Bonchev–Trinajstić information content (AvgIpc) is 2.28. The number of piperazine rings is 1. The van der Waals surface area contributed by atoms with E-state index in [1.165, 1.54) is 9.91 Å². The third-order valence-electron chi connectivity index (χ3n) is 2.09. The average molecular weight is 217 g/mol. The zero-order chi connectivity index (χ0) is 11.3. The molecule has 0 aliphatic carbocycles. The summed E-state index contributed by atoms with van der Waals surface area (Å²) in [6.07, 6.45) is -0.395. The highest BCUT2D eigenvalue weighted by molar-refractivity contribution is 5.67.